The summed E-state index contributed by atoms with van der Waals surface area (Å²) in [7, 11) is 2.19. The largest absolute Gasteiger partial charge is 0.326 e. The number of hydrogen-bond acceptors (Lipinski definition) is 2. The fourth-order valence-electron chi connectivity index (χ4n) is 2.13. The molecule has 0 amide bonds. The Labute approximate surface area is 120 Å². The molecule has 0 aliphatic heterocycles. The summed E-state index contributed by atoms with van der Waals surface area (Å²) in [6.07, 6.45) is 1.23. The van der Waals surface area contributed by atoms with Crippen molar-refractivity contribution in [2.45, 2.75) is 46.3 Å². The van der Waals surface area contributed by atoms with Crippen LogP contribution in [0.15, 0.2) is 22.7 Å². The van der Waals surface area contributed by atoms with Crippen molar-refractivity contribution < 1.29 is 0 Å². The summed E-state index contributed by atoms with van der Waals surface area (Å²) in [5.74, 6) is 0.741. The fourth-order valence-corrected chi connectivity index (χ4v) is 2.68. The topological polar surface area (TPSA) is 29.3 Å². The zero-order valence-corrected chi connectivity index (χ0v) is 13.5. The zero-order chi connectivity index (χ0) is 13.7. The van der Waals surface area contributed by atoms with E-state index in [0.29, 0.717) is 12.6 Å². The summed E-state index contributed by atoms with van der Waals surface area (Å²) in [4.78, 5) is 2.40. The van der Waals surface area contributed by atoms with Crippen molar-refractivity contribution in [3.05, 3.63) is 33.8 Å². The third kappa shape index (κ3) is 4.71. The van der Waals surface area contributed by atoms with E-state index in [4.69, 9.17) is 5.73 Å². The highest BCUT2D eigenvalue weighted by Crippen LogP contribution is 2.21. The van der Waals surface area contributed by atoms with E-state index in [0.717, 1.165) is 16.9 Å². The molecule has 1 aromatic rings. The molecule has 1 rings (SSSR count). The number of hydrogen-bond donors (Lipinski definition) is 1. The third-order valence-corrected chi connectivity index (χ3v) is 4.08. The van der Waals surface area contributed by atoms with E-state index in [-0.39, 0.29) is 0 Å². The van der Waals surface area contributed by atoms with Gasteiger partial charge in [0.05, 0.1) is 0 Å². The van der Waals surface area contributed by atoms with E-state index in [1.165, 1.54) is 17.5 Å². The summed E-state index contributed by atoms with van der Waals surface area (Å²) in [6, 6.07) is 7.01. The lowest BCUT2D eigenvalue weighted by molar-refractivity contribution is 0.220. The lowest BCUT2D eigenvalue weighted by atomic mass is 10.0. The first-order chi connectivity index (χ1) is 8.43. The van der Waals surface area contributed by atoms with Crippen molar-refractivity contribution in [3.63, 3.8) is 0 Å². The maximum Gasteiger partial charge on any atom is 0.0244 e. The van der Waals surface area contributed by atoms with Crippen LogP contribution >= 0.6 is 15.9 Å². The van der Waals surface area contributed by atoms with Gasteiger partial charge in [0, 0.05) is 23.6 Å². The van der Waals surface area contributed by atoms with Gasteiger partial charge in [0.2, 0.25) is 0 Å². The lowest BCUT2D eigenvalue weighted by Crippen LogP contribution is -2.29. The molecule has 0 heterocycles. The molecule has 0 aliphatic carbocycles. The number of nitrogens with two attached hydrogens (primary N) is 1. The summed E-state index contributed by atoms with van der Waals surface area (Å²) in [5.41, 5.74) is 8.14. The van der Waals surface area contributed by atoms with E-state index >= 15 is 0 Å². The van der Waals surface area contributed by atoms with E-state index < -0.39 is 0 Å². The molecular formula is C15H25BrN2. The van der Waals surface area contributed by atoms with Crippen molar-refractivity contribution in [2.24, 2.45) is 11.7 Å². The second kappa shape index (κ2) is 7.27. The van der Waals surface area contributed by atoms with Crippen LogP contribution in [0.3, 0.4) is 0 Å². The first-order valence-electron chi connectivity index (χ1n) is 6.61. The number of nitrogens with zero attached hydrogens (tertiary/aromatic N) is 1. The first kappa shape index (κ1) is 15.7. The van der Waals surface area contributed by atoms with Gasteiger partial charge in [-0.15, -0.1) is 0 Å². The molecule has 1 unspecified atom stereocenters. The van der Waals surface area contributed by atoms with Crippen molar-refractivity contribution in [1.29, 1.82) is 0 Å². The van der Waals surface area contributed by atoms with Crippen molar-refractivity contribution >= 4 is 15.9 Å². The van der Waals surface area contributed by atoms with Crippen molar-refractivity contribution in [2.75, 3.05) is 7.05 Å². The summed E-state index contributed by atoms with van der Waals surface area (Å²) in [5, 5.41) is 0. The standard InChI is InChI=1S/C15H25BrN2/c1-11(2)7-12(3)18(4)10-14-6-5-13(9-17)8-15(14)16/h5-6,8,11-12H,7,9-10,17H2,1-4H3. The highest BCUT2D eigenvalue weighted by molar-refractivity contribution is 9.10. The second-order valence-electron chi connectivity index (χ2n) is 5.52. The lowest BCUT2D eigenvalue weighted by Gasteiger charge is -2.26. The van der Waals surface area contributed by atoms with Crippen LogP contribution in [0.4, 0.5) is 0 Å². The predicted molar refractivity (Wildman–Crippen MR) is 82.4 cm³/mol. The summed E-state index contributed by atoms with van der Waals surface area (Å²) >= 11 is 3.63. The van der Waals surface area contributed by atoms with Crippen LogP contribution < -0.4 is 5.73 Å². The minimum absolute atomic E-state index is 0.596. The summed E-state index contributed by atoms with van der Waals surface area (Å²) in [6.45, 7) is 8.41. The maximum atomic E-state index is 5.64. The molecule has 1 atom stereocenters. The van der Waals surface area contributed by atoms with Crippen LogP contribution in [0.1, 0.15) is 38.3 Å². The van der Waals surface area contributed by atoms with E-state index in [9.17, 15) is 0 Å². The smallest absolute Gasteiger partial charge is 0.0244 e. The molecule has 102 valence electrons. The normalized spacial score (nSPS) is 13.3. The van der Waals surface area contributed by atoms with Crippen LogP contribution in [-0.4, -0.2) is 18.0 Å². The highest BCUT2D eigenvalue weighted by atomic mass is 79.9. The van der Waals surface area contributed by atoms with Gasteiger partial charge >= 0.3 is 0 Å². The van der Waals surface area contributed by atoms with E-state index in [1.807, 2.05) is 0 Å². The molecule has 0 spiro atoms. The Morgan fingerprint density at radius 2 is 1.94 bits per heavy atom. The minimum Gasteiger partial charge on any atom is -0.326 e. The Morgan fingerprint density at radius 3 is 2.44 bits per heavy atom. The molecule has 3 heteroatoms. The third-order valence-electron chi connectivity index (χ3n) is 3.34. The molecule has 0 radical (unpaired) electrons. The molecule has 18 heavy (non-hydrogen) atoms. The molecule has 1 aromatic carbocycles. The number of halogens is 1. The minimum atomic E-state index is 0.596. The van der Waals surface area contributed by atoms with Crippen LogP contribution in [0.5, 0.6) is 0 Å². The number of benzene rings is 1. The number of rotatable bonds is 6. The van der Waals surface area contributed by atoms with Crippen LogP contribution in [-0.2, 0) is 13.1 Å². The maximum absolute atomic E-state index is 5.64. The fraction of sp³-hybridized carbons (Fsp3) is 0.600. The van der Waals surface area contributed by atoms with E-state index in [1.54, 1.807) is 0 Å². The molecular weight excluding hydrogens is 288 g/mol. The van der Waals surface area contributed by atoms with Gasteiger partial charge in [0.1, 0.15) is 0 Å². The quantitative estimate of drug-likeness (QED) is 0.866. The molecule has 0 saturated heterocycles. The molecule has 2 N–H and O–H groups in total. The molecule has 0 aromatic heterocycles. The Balaban J connectivity index is 2.66. The monoisotopic (exact) mass is 312 g/mol. The van der Waals surface area contributed by atoms with Gasteiger partial charge in [-0.3, -0.25) is 4.90 Å². The Bertz CT molecular complexity index is 377. The van der Waals surface area contributed by atoms with Gasteiger partial charge in [-0.25, -0.2) is 0 Å². The summed E-state index contributed by atoms with van der Waals surface area (Å²) < 4.78 is 1.16. The Morgan fingerprint density at radius 1 is 1.28 bits per heavy atom. The average Bonchev–Trinajstić information content (AvgIpc) is 2.30. The van der Waals surface area contributed by atoms with E-state index in [2.05, 4.69) is 66.8 Å². The second-order valence-corrected chi connectivity index (χ2v) is 6.38. The molecule has 0 bridgehead atoms. The van der Waals surface area contributed by atoms with Gasteiger partial charge < -0.3 is 5.73 Å². The Kier molecular flexibility index (Phi) is 6.33. The highest BCUT2D eigenvalue weighted by Gasteiger charge is 2.12. The van der Waals surface area contributed by atoms with Crippen molar-refractivity contribution in [1.82, 2.24) is 4.90 Å². The average molecular weight is 313 g/mol. The first-order valence-corrected chi connectivity index (χ1v) is 7.41. The van der Waals surface area contributed by atoms with Crippen LogP contribution in [0, 0.1) is 5.92 Å². The van der Waals surface area contributed by atoms with Gasteiger partial charge in [-0.2, -0.15) is 0 Å². The van der Waals surface area contributed by atoms with Crippen LogP contribution in [0.25, 0.3) is 0 Å². The molecule has 2 nitrogen and oxygen atoms in total. The van der Waals surface area contributed by atoms with Crippen LogP contribution in [0.2, 0.25) is 0 Å². The van der Waals surface area contributed by atoms with Gasteiger partial charge in [0.25, 0.3) is 0 Å². The molecule has 0 saturated carbocycles. The molecule has 0 fully saturated rings. The SMILES string of the molecule is CC(C)CC(C)N(C)Cc1ccc(CN)cc1Br. The Hall–Kier alpha value is -0.380. The zero-order valence-electron chi connectivity index (χ0n) is 11.9. The molecule has 0 aliphatic rings. The predicted octanol–water partition coefficient (Wildman–Crippen LogP) is 3.77. The van der Waals surface area contributed by atoms with Crippen molar-refractivity contribution in [3.8, 4) is 0 Å². The van der Waals surface area contributed by atoms with Gasteiger partial charge in [0.15, 0.2) is 0 Å². The van der Waals surface area contributed by atoms with Gasteiger partial charge in [-0.05, 0) is 43.5 Å². The van der Waals surface area contributed by atoms with Gasteiger partial charge in [-0.1, -0.05) is 41.9 Å².